The standard InChI is InChI=1S/C25H33N3O3S/c1-18-15-26-25(32-17-21-8-5-13-31-21)27-24(18)20-7-4-12-28(16-20)11-3-6-19-9-10-22(29)23(14-19)30-2/h3,6,9-10,14-15,20-21,29H,4-5,7-8,11-13,16-17H2,1-2H3/b6-3+/t20-,21+/m0/s1. The minimum atomic E-state index is 0.164. The van der Waals surface area contributed by atoms with Crippen LogP contribution in [0.2, 0.25) is 0 Å². The van der Waals surface area contributed by atoms with E-state index in [2.05, 4.69) is 29.0 Å². The zero-order valence-corrected chi connectivity index (χ0v) is 19.8. The third kappa shape index (κ3) is 6.03. The number of aryl methyl sites for hydroxylation is 1. The molecule has 0 bridgehead atoms. The summed E-state index contributed by atoms with van der Waals surface area (Å²) >= 11 is 1.72. The molecule has 0 radical (unpaired) electrons. The van der Waals surface area contributed by atoms with Gasteiger partial charge >= 0.3 is 0 Å². The van der Waals surface area contributed by atoms with Crippen LogP contribution in [0.5, 0.6) is 11.5 Å². The van der Waals surface area contributed by atoms with Gasteiger partial charge in [-0.25, -0.2) is 9.97 Å². The lowest BCUT2D eigenvalue weighted by atomic mass is 9.92. The van der Waals surface area contributed by atoms with Gasteiger partial charge in [-0.1, -0.05) is 30.0 Å². The molecule has 7 heteroatoms. The Bertz CT molecular complexity index is 931. The van der Waals surface area contributed by atoms with Crippen molar-refractivity contribution in [3.63, 3.8) is 0 Å². The quantitative estimate of drug-likeness (QED) is 0.458. The van der Waals surface area contributed by atoms with Crippen LogP contribution in [0.25, 0.3) is 6.08 Å². The summed E-state index contributed by atoms with van der Waals surface area (Å²) in [6, 6.07) is 5.42. The van der Waals surface area contributed by atoms with Gasteiger partial charge in [-0.3, -0.25) is 4.90 Å². The molecule has 172 valence electrons. The SMILES string of the molecule is COc1cc(/C=C/CN2CCC[C@H](c3nc(SC[C@H]4CCCO4)ncc3C)C2)ccc1O. The van der Waals surface area contributed by atoms with Gasteiger partial charge in [0.05, 0.1) is 18.9 Å². The minimum absolute atomic E-state index is 0.164. The van der Waals surface area contributed by atoms with Gasteiger partial charge in [0.2, 0.25) is 0 Å². The molecule has 2 aromatic rings. The normalized spacial score (nSPS) is 21.9. The second-order valence-electron chi connectivity index (χ2n) is 8.60. The molecule has 0 unspecified atom stereocenters. The smallest absolute Gasteiger partial charge is 0.187 e. The zero-order chi connectivity index (χ0) is 22.3. The van der Waals surface area contributed by atoms with Gasteiger partial charge in [-0.2, -0.15) is 0 Å². The molecule has 0 saturated carbocycles. The second-order valence-corrected chi connectivity index (χ2v) is 9.59. The Morgan fingerprint density at radius 3 is 3.03 bits per heavy atom. The lowest BCUT2D eigenvalue weighted by Gasteiger charge is -2.32. The largest absolute Gasteiger partial charge is 0.504 e. The molecule has 1 aromatic carbocycles. The number of aromatic hydroxyl groups is 1. The van der Waals surface area contributed by atoms with Crippen LogP contribution < -0.4 is 4.74 Å². The van der Waals surface area contributed by atoms with Crippen LogP contribution in [0.1, 0.15) is 48.4 Å². The van der Waals surface area contributed by atoms with E-state index in [-0.39, 0.29) is 5.75 Å². The van der Waals surface area contributed by atoms with Crippen molar-refractivity contribution in [3.05, 3.63) is 47.3 Å². The average molecular weight is 456 g/mol. The number of methoxy groups -OCH3 is 1. The molecule has 0 spiro atoms. The van der Waals surface area contributed by atoms with E-state index >= 15 is 0 Å². The maximum atomic E-state index is 9.76. The number of nitrogens with zero attached hydrogens (tertiary/aromatic N) is 3. The van der Waals surface area contributed by atoms with Crippen molar-refractivity contribution in [1.29, 1.82) is 0 Å². The Morgan fingerprint density at radius 2 is 2.22 bits per heavy atom. The van der Waals surface area contributed by atoms with E-state index in [1.165, 1.54) is 24.1 Å². The fourth-order valence-corrected chi connectivity index (χ4v) is 5.33. The molecule has 3 heterocycles. The first-order valence-electron chi connectivity index (χ1n) is 11.5. The predicted molar refractivity (Wildman–Crippen MR) is 129 cm³/mol. The summed E-state index contributed by atoms with van der Waals surface area (Å²) in [6.07, 6.45) is 11.3. The molecule has 2 atom stereocenters. The highest BCUT2D eigenvalue weighted by Gasteiger charge is 2.24. The Balaban J connectivity index is 1.35. The van der Waals surface area contributed by atoms with Crippen LogP contribution in [-0.4, -0.2) is 65.2 Å². The lowest BCUT2D eigenvalue weighted by Crippen LogP contribution is -2.35. The summed E-state index contributed by atoms with van der Waals surface area (Å²) in [5, 5.41) is 10.6. The Kier molecular flexibility index (Phi) is 8.05. The molecule has 0 aliphatic carbocycles. The first kappa shape index (κ1) is 23.1. The van der Waals surface area contributed by atoms with Crippen molar-refractivity contribution in [2.45, 2.75) is 49.8 Å². The molecule has 32 heavy (non-hydrogen) atoms. The lowest BCUT2D eigenvalue weighted by molar-refractivity contribution is 0.129. The second kappa shape index (κ2) is 11.2. The van der Waals surface area contributed by atoms with E-state index in [0.717, 1.165) is 55.6 Å². The molecule has 2 fully saturated rings. The summed E-state index contributed by atoms with van der Waals surface area (Å²) < 4.78 is 10.9. The predicted octanol–water partition coefficient (Wildman–Crippen LogP) is 4.66. The third-order valence-electron chi connectivity index (χ3n) is 6.18. The number of phenolic OH excluding ortho intramolecular Hbond substituents is 1. The van der Waals surface area contributed by atoms with Gasteiger partial charge < -0.3 is 14.6 Å². The molecule has 4 rings (SSSR count). The summed E-state index contributed by atoms with van der Waals surface area (Å²) in [5.41, 5.74) is 3.41. The van der Waals surface area contributed by atoms with Crippen LogP contribution in [-0.2, 0) is 4.74 Å². The number of aromatic nitrogens is 2. The van der Waals surface area contributed by atoms with Gasteiger partial charge in [-0.15, -0.1) is 0 Å². The van der Waals surface area contributed by atoms with Crippen LogP contribution in [0.3, 0.4) is 0 Å². The molecular formula is C25H33N3O3S. The average Bonchev–Trinajstić information content (AvgIpc) is 3.33. The number of likely N-dealkylation sites (tertiary alicyclic amines) is 1. The zero-order valence-electron chi connectivity index (χ0n) is 19.0. The molecule has 2 saturated heterocycles. The molecule has 2 aliphatic heterocycles. The Morgan fingerprint density at radius 1 is 1.31 bits per heavy atom. The molecule has 1 N–H and O–H groups in total. The number of rotatable bonds is 8. The van der Waals surface area contributed by atoms with Crippen molar-refractivity contribution in [2.75, 3.05) is 39.1 Å². The fourth-order valence-electron chi connectivity index (χ4n) is 4.44. The maximum Gasteiger partial charge on any atom is 0.187 e. The van der Waals surface area contributed by atoms with E-state index < -0.39 is 0 Å². The third-order valence-corrected chi connectivity index (χ3v) is 7.17. The van der Waals surface area contributed by atoms with Gasteiger partial charge in [0.25, 0.3) is 0 Å². The van der Waals surface area contributed by atoms with E-state index in [1.807, 2.05) is 18.3 Å². The molecule has 6 nitrogen and oxygen atoms in total. The highest BCUT2D eigenvalue weighted by atomic mass is 32.2. The van der Waals surface area contributed by atoms with E-state index in [9.17, 15) is 5.11 Å². The number of piperidine rings is 1. The van der Waals surface area contributed by atoms with Gasteiger partial charge in [-0.05, 0) is 62.4 Å². The van der Waals surface area contributed by atoms with Crippen molar-refractivity contribution in [1.82, 2.24) is 14.9 Å². The fraction of sp³-hybridized carbons (Fsp3) is 0.520. The van der Waals surface area contributed by atoms with E-state index in [1.54, 1.807) is 24.9 Å². The van der Waals surface area contributed by atoms with Crippen molar-refractivity contribution in [2.24, 2.45) is 0 Å². The minimum Gasteiger partial charge on any atom is -0.504 e. The first-order valence-corrected chi connectivity index (χ1v) is 12.4. The Labute approximate surface area is 195 Å². The van der Waals surface area contributed by atoms with Crippen molar-refractivity contribution in [3.8, 4) is 11.5 Å². The number of hydrogen-bond donors (Lipinski definition) is 1. The number of thioether (sulfide) groups is 1. The number of phenols is 1. The van der Waals surface area contributed by atoms with E-state index in [4.69, 9.17) is 14.5 Å². The number of ether oxygens (including phenoxy) is 2. The summed E-state index contributed by atoms with van der Waals surface area (Å²) in [7, 11) is 1.57. The van der Waals surface area contributed by atoms with Crippen molar-refractivity contribution >= 4 is 17.8 Å². The molecule has 0 amide bonds. The van der Waals surface area contributed by atoms with E-state index in [0.29, 0.717) is 17.8 Å². The highest BCUT2D eigenvalue weighted by Crippen LogP contribution is 2.30. The van der Waals surface area contributed by atoms with Crippen molar-refractivity contribution < 1.29 is 14.6 Å². The van der Waals surface area contributed by atoms with Crippen LogP contribution in [0.15, 0.2) is 35.6 Å². The monoisotopic (exact) mass is 455 g/mol. The topological polar surface area (TPSA) is 67.7 Å². The van der Waals surface area contributed by atoms with Crippen LogP contribution in [0.4, 0.5) is 0 Å². The number of benzene rings is 1. The Hall–Kier alpha value is -2.09. The van der Waals surface area contributed by atoms with Gasteiger partial charge in [0.1, 0.15) is 0 Å². The number of hydrogen-bond acceptors (Lipinski definition) is 7. The molecule has 1 aromatic heterocycles. The highest BCUT2D eigenvalue weighted by molar-refractivity contribution is 7.99. The summed E-state index contributed by atoms with van der Waals surface area (Å²) in [4.78, 5) is 12.0. The summed E-state index contributed by atoms with van der Waals surface area (Å²) in [5.74, 6) is 2.04. The van der Waals surface area contributed by atoms with Crippen LogP contribution in [0, 0.1) is 6.92 Å². The van der Waals surface area contributed by atoms with Gasteiger partial charge in [0, 0.05) is 37.6 Å². The molecular weight excluding hydrogens is 422 g/mol. The molecule has 2 aliphatic rings. The maximum absolute atomic E-state index is 9.76. The van der Waals surface area contributed by atoms with Gasteiger partial charge in [0.15, 0.2) is 16.7 Å². The summed E-state index contributed by atoms with van der Waals surface area (Å²) in [6.45, 7) is 6.02. The first-order chi connectivity index (χ1) is 15.6. The van der Waals surface area contributed by atoms with Crippen LogP contribution >= 0.6 is 11.8 Å².